The van der Waals surface area contributed by atoms with Gasteiger partial charge in [-0.05, 0) is 68.8 Å². The first-order chi connectivity index (χ1) is 13.8. The van der Waals surface area contributed by atoms with E-state index in [4.69, 9.17) is 11.6 Å². The highest BCUT2D eigenvalue weighted by Crippen LogP contribution is 2.24. The fraction of sp³-hybridized carbons (Fsp3) is 0.136. The van der Waals surface area contributed by atoms with Crippen LogP contribution in [0.25, 0.3) is 11.8 Å². The molecular formula is C22H18ClFN4O. The van der Waals surface area contributed by atoms with E-state index < -0.39 is 5.91 Å². The Labute approximate surface area is 173 Å². The number of amides is 1. The van der Waals surface area contributed by atoms with Crippen LogP contribution in [0.5, 0.6) is 0 Å². The number of rotatable bonds is 4. The highest BCUT2D eigenvalue weighted by molar-refractivity contribution is 6.31. The summed E-state index contributed by atoms with van der Waals surface area (Å²) in [6.07, 6.45) is 1.51. The SMILES string of the molecule is Cc1nn(-c2ccc(F)cc2)c(C)c1C=C(C#N)C(=O)Nc1cccc(Cl)c1C. The van der Waals surface area contributed by atoms with Crippen molar-refractivity contribution in [2.24, 2.45) is 0 Å². The molecule has 0 fully saturated rings. The molecule has 0 bridgehead atoms. The molecule has 146 valence electrons. The van der Waals surface area contributed by atoms with Crippen LogP contribution in [0.1, 0.15) is 22.5 Å². The number of aryl methyl sites for hydroxylation is 1. The van der Waals surface area contributed by atoms with Crippen molar-refractivity contribution in [2.45, 2.75) is 20.8 Å². The Balaban J connectivity index is 1.95. The van der Waals surface area contributed by atoms with E-state index >= 15 is 0 Å². The number of nitriles is 1. The summed E-state index contributed by atoms with van der Waals surface area (Å²) in [6, 6.07) is 13.0. The summed E-state index contributed by atoms with van der Waals surface area (Å²) in [6.45, 7) is 5.39. The summed E-state index contributed by atoms with van der Waals surface area (Å²) < 4.78 is 14.8. The summed E-state index contributed by atoms with van der Waals surface area (Å²) in [4.78, 5) is 12.6. The fourth-order valence-electron chi connectivity index (χ4n) is 2.92. The van der Waals surface area contributed by atoms with E-state index in [1.54, 1.807) is 48.9 Å². The molecule has 3 rings (SSSR count). The molecule has 1 heterocycles. The monoisotopic (exact) mass is 408 g/mol. The lowest BCUT2D eigenvalue weighted by Gasteiger charge is -2.09. The number of carbonyl (C=O) groups is 1. The zero-order valence-electron chi connectivity index (χ0n) is 16.1. The number of aromatic nitrogens is 2. The number of anilines is 1. The molecule has 2 aromatic carbocycles. The topological polar surface area (TPSA) is 70.7 Å². The van der Waals surface area contributed by atoms with Crippen LogP contribution >= 0.6 is 11.6 Å². The largest absolute Gasteiger partial charge is 0.321 e. The molecule has 0 saturated heterocycles. The zero-order valence-corrected chi connectivity index (χ0v) is 16.9. The molecule has 0 radical (unpaired) electrons. The van der Waals surface area contributed by atoms with E-state index in [9.17, 15) is 14.4 Å². The van der Waals surface area contributed by atoms with Crippen LogP contribution in [-0.2, 0) is 4.79 Å². The first kappa shape index (κ1) is 20.3. The predicted molar refractivity (Wildman–Crippen MR) is 111 cm³/mol. The number of hydrogen-bond acceptors (Lipinski definition) is 3. The summed E-state index contributed by atoms with van der Waals surface area (Å²) in [5, 5.41) is 17.2. The molecular weight excluding hydrogens is 391 g/mol. The number of nitrogens with zero attached hydrogens (tertiary/aromatic N) is 3. The lowest BCUT2D eigenvalue weighted by molar-refractivity contribution is -0.112. The minimum Gasteiger partial charge on any atom is -0.321 e. The fourth-order valence-corrected chi connectivity index (χ4v) is 3.10. The maximum atomic E-state index is 13.2. The molecule has 1 aromatic heterocycles. The minimum atomic E-state index is -0.536. The van der Waals surface area contributed by atoms with Crippen LogP contribution in [0, 0.1) is 37.9 Å². The third-order valence-electron chi connectivity index (χ3n) is 4.59. The molecule has 0 unspecified atom stereocenters. The van der Waals surface area contributed by atoms with Gasteiger partial charge < -0.3 is 5.32 Å². The van der Waals surface area contributed by atoms with Crippen LogP contribution < -0.4 is 5.32 Å². The van der Waals surface area contributed by atoms with Gasteiger partial charge in [0.1, 0.15) is 17.5 Å². The van der Waals surface area contributed by atoms with Crippen molar-refractivity contribution in [1.82, 2.24) is 9.78 Å². The average Bonchev–Trinajstić information content (AvgIpc) is 2.97. The molecule has 1 amide bonds. The third-order valence-corrected chi connectivity index (χ3v) is 5.00. The Morgan fingerprint density at radius 1 is 1.21 bits per heavy atom. The highest BCUT2D eigenvalue weighted by atomic mass is 35.5. The molecule has 0 aliphatic rings. The van der Waals surface area contributed by atoms with E-state index in [0.717, 1.165) is 11.3 Å². The van der Waals surface area contributed by atoms with E-state index in [-0.39, 0.29) is 11.4 Å². The highest BCUT2D eigenvalue weighted by Gasteiger charge is 2.16. The summed E-state index contributed by atoms with van der Waals surface area (Å²) >= 11 is 6.09. The van der Waals surface area contributed by atoms with Gasteiger partial charge in [0, 0.05) is 22.0 Å². The average molecular weight is 409 g/mol. The van der Waals surface area contributed by atoms with Gasteiger partial charge in [-0.15, -0.1) is 0 Å². The molecule has 0 aliphatic carbocycles. The second-order valence-electron chi connectivity index (χ2n) is 6.51. The van der Waals surface area contributed by atoms with E-state index in [1.165, 1.54) is 18.2 Å². The standard InChI is InChI=1S/C22H18ClFN4O/c1-13-20(23)5-4-6-21(13)26-22(29)16(12-25)11-19-14(2)27-28(15(19)3)18-9-7-17(24)8-10-18/h4-11H,1-3H3,(H,26,29). The van der Waals surface area contributed by atoms with Crippen molar-refractivity contribution in [3.63, 3.8) is 0 Å². The molecule has 3 aromatic rings. The predicted octanol–water partition coefficient (Wildman–Crippen LogP) is 5.14. The summed E-state index contributed by atoms with van der Waals surface area (Å²) in [7, 11) is 0. The quantitative estimate of drug-likeness (QED) is 0.480. The zero-order chi connectivity index (χ0) is 21.1. The van der Waals surface area contributed by atoms with Crippen LogP contribution in [0.15, 0.2) is 48.0 Å². The van der Waals surface area contributed by atoms with Gasteiger partial charge in [0.15, 0.2) is 0 Å². The Kier molecular flexibility index (Phi) is 5.81. The molecule has 0 aliphatic heterocycles. The van der Waals surface area contributed by atoms with Crippen LogP contribution in [0.2, 0.25) is 5.02 Å². The first-order valence-electron chi connectivity index (χ1n) is 8.82. The number of hydrogen-bond donors (Lipinski definition) is 1. The summed E-state index contributed by atoms with van der Waals surface area (Å²) in [5.41, 5.74) is 3.91. The molecule has 7 heteroatoms. The van der Waals surface area contributed by atoms with Crippen LogP contribution in [0.3, 0.4) is 0 Å². The van der Waals surface area contributed by atoms with Gasteiger partial charge in [-0.25, -0.2) is 9.07 Å². The van der Waals surface area contributed by atoms with Crippen molar-refractivity contribution in [3.8, 4) is 11.8 Å². The van der Waals surface area contributed by atoms with E-state index in [0.29, 0.717) is 27.7 Å². The van der Waals surface area contributed by atoms with Gasteiger partial charge in [-0.3, -0.25) is 4.79 Å². The maximum Gasteiger partial charge on any atom is 0.266 e. The number of carbonyl (C=O) groups excluding carboxylic acids is 1. The van der Waals surface area contributed by atoms with Crippen molar-refractivity contribution >= 4 is 29.3 Å². The lowest BCUT2D eigenvalue weighted by atomic mass is 10.1. The Hall–Kier alpha value is -3.43. The van der Waals surface area contributed by atoms with E-state index in [1.807, 2.05) is 13.0 Å². The van der Waals surface area contributed by atoms with E-state index in [2.05, 4.69) is 10.4 Å². The number of halogens is 2. The summed E-state index contributed by atoms with van der Waals surface area (Å²) in [5.74, 6) is -0.874. The molecule has 5 nitrogen and oxygen atoms in total. The molecule has 0 saturated carbocycles. The number of benzene rings is 2. The smallest absolute Gasteiger partial charge is 0.266 e. The Morgan fingerprint density at radius 3 is 2.55 bits per heavy atom. The second kappa shape index (κ2) is 8.29. The van der Waals surface area contributed by atoms with Crippen molar-refractivity contribution in [1.29, 1.82) is 5.26 Å². The van der Waals surface area contributed by atoms with Crippen LogP contribution in [0.4, 0.5) is 10.1 Å². The molecule has 29 heavy (non-hydrogen) atoms. The lowest BCUT2D eigenvalue weighted by Crippen LogP contribution is -2.14. The van der Waals surface area contributed by atoms with Crippen molar-refractivity contribution in [2.75, 3.05) is 5.32 Å². The Bertz CT molecular complexity index is 1160. The van der Waals surface area contributed by atoms with Gasteiger partial charge in [-0.1, -0.05) is 17.7 Å². The maximum absolute atomic E-state index is 13.2. The second-order valence-corrected chi connectivity index (χ2v) is 6.92. The van der Waals surface area contributed by atoms with Gasteiger partial charge in [0.25, 0.3) is 5.91 Å². The van der Waals surface area contributed by atoms with Gasteiger partial charge in [-0.2, -0.15) is 10.4 Å². The first-order valence-corrected chi connectivity index (χ1v) is 9.20. The van der Waals surface area contributed by atoms with Crippen molar-refractivity contribution in [3.05, 3.63) is 81.4 Å². The molecule has 0 spiro atoms. The third kappa shape index (κ3) is 4.20. The molecule has 0 atom stereocenters. The van der Waals surface area contributed by atoms with Crippen LogP contribution in [-0.4, -0.2) is 15.7 Å². The van der Waals surface area contributed by atoms with Crippen molar-refractivity contribution < 1.29 is 9.18 Å². The Morgan fingerprint density at radius 2 is 1.90 bits per heavy atom. The van der Waals surface area contributed by atoms with Gasteiger partial charge >= 0.3 is 0 Å². The minimum absolute atomic E-state index is 0.0609. The van der Waals surface area contributed by atoms with Gasteiger partial charge in [0.05, 0.1) is 11.4 Å². The van der Waals surface area contributed by atoms with Gasteiger partial charge in [0.2, 0.25) is 0 Å². The normalized spacial score (nSPS) is 11.2. The number of nitrogens with one attached hydrogen (secondary N) is 1. The molecule has 1 N–H and O–H groups in total.